The highest BCUT2D eigenvalue weighted by Crippen LogP contribution is 2.19. The second-order valence-electron chi connectivity index (χ2n) is 5.65. The third kappa shape index (κ3) is 5.08. The third-order valence-electron chi connectivity index (χ3n) is 3.89. The van der Waals surface area contributed by atoms with E-state index in [1.54, 1.807) is 43.3 Å². The average molecular weight is 341 g/mol. The predicted molar refractivity (Wildman–Crippen MR) is 96.0 cm³/mol. The summed E-state index contributed by atoms with van der Waals surface area (Å²) in [6.07, 6.45) is 0.465. The molecule has 132 valence electrons. The van der Waals surface area contributed by atoms with Gasteiger partial charge < -0.3 is 14.4 Å². The Morgan fingerprint density at radius 2 is 1.72 bits per heavy atom. The van der Waals surface area contributed by atoms with Gasteiger partial charge in [-0.2, -0.15) is 0 Å². The maximum Gasteiger partial charge on any atom is 0.260 e. The highest BCUT2D eigenvalue weighted by atomic mass is 16.5. The molecule has 0 saturated heterocycles. The van der Waals surface area contributed by atoms with Crippen LogP contribution in [-0.2, 0) is 11.3 Å². The maximum atomic E-state index is 12.2. The second kappa shape index (κ2) is 8.87. The van der Waals surface area contributed by atoms with Gasteiger partial charge in [0.05, 0.1) is 7.11 Å². The van der Waals surface area contributed by atoms with Gasteiger partial charge >= 0.3 is 0 Å². The molecule has 25 heavy (non-hydrogen) atoms. The summed E-state index contributed by atoms with van der Waals surface area (Å²) < 4.78 is 10.8. The van der Waals surface area contributed by atoms with Gasteiger partial charge in [0.15, 0.2) is 12.4 Å². The Balaban J connectivity index is 1.90. The summed E-state index contributed by atoms with van der Waals surface area (Å²) in [6.45, 7) is 2.20. The van der Waals surface area contributed by atoms with Crippen molar-refractivity contribution in [2.75, 3.05) is 20.8 Å². The van der Waals surface area contributed by atoms with Gasteiger partial charge in [0.25, 0.3) is 5.91 Å². The van der Waals surface area contributed by atoms with Crippen molar-refractivity contribution >= 4 is 11.7 Å². The zero-order valence-corrected chi connectivity index (χ0v) is 14.8. The summed E-state index contributed by atoms with van der Waals surface area (Å²) in [5, 5.41) is 0. The number of ether oxygens (including phenoxy) is 2. The van der Waals surface area contributed by atoms with Crippen molar-refractivity contribution in [3.63, 3.8) is 0 Å². The Bertz CT molecular complexity index is 725. The second-order valence-corrected chi connectivity index (χ2v) is 5.65. The molecule has 0 saturated carbocycles. The molecular weight excluding hydrogens is 318 g/mol. The molecule has 1 amide bonds. The molecule has 0 unspecified atom stereocenters. The van der Waals surface area contributed by atoms with Crippen LogP contribution in [0.1, 0.15) is 29.3 Å². The molecule has 2 aromatic carbocycles. The Labute approximate surface area is 148 Å². The summed E-state index contributed by atoms with van der Waals surface area (Å²) >= 11 is 0. The van der Waals surface area contributed by atoms with E-state index in [0.29, 0.717) is 24.3 Å². The van der Waals surface area contributed by atoms with E-state index in [1.807, 2.05) is 31.2 Å². The minimum absolute atomic E-state index is 0.0628. The number of rotatable bonds is 8. The van der Waals surface area contributed by atoms with E-state index in [4.69, 9.17) is 9.47 Å². The number of Topliss-reactive ketones (excluding diaryl/α,β-unsaturated/α-hetero) is 1. The van der Waals surface area contributed by atoms with Crippen molar-refractivity contribution in [1.29, 1.82) is 0 Å². The minimum atomic E-state index is -0.139. The van der Waals surface area contributed by atoms with Crippen LogP contribution in [0, 0.1) is 0 Å². The van der Waals surface area contributed by atoms with Gasteiger partial charge in [-0.15, -0.1) is 0 Å². The van der Waals surface area contributed by atoms with E-state index in [-0.39, 0.29) is 18.3 Å². The lowest BCUT2D eigenvalue weighted by Gasteiger charge is -2.19. The molecule has 5 heteroatoms. The molecule has 0 atom stereocenters. The van der Waals surface area contributed by atoms with Gasteiger partial charge in [-0.3, -0.25) is 9.59 Å². The fourth-order valence-corrected chi connectivity index (χ4v) is 2.37. The van der Waals surface area contributed by atoms with Gasteiger partial charge in [-0.05, 0) is 30.3 Å². The van der Waals surface area contributed by atoms with E-state index in [9.17, 15) is 9.59 Å². The van der Waals surface area contributed by atoms with Crippen molar-refractivity contribution in [3.8, 4) is 11.5 Å². The van der Waals surface area contributed by atoms with Gasteiger partial charge in [-0.1, -0.05) is 25.1 Å². The molecule has 0 bridgehead atoms. The summed E-state index contributed by atoms with van der Waals surface area (Å²) in [7, 11) is 3.33. The number of hydrogen-bond donors (Lipinski definition) is 0. The zero-order valence-electron chi connectivity index (χ0n) is 14.8. The maximum absolute atomic E-state index is 12.2. The predicted octanol–water partition coefficient (Wildman–Crippen LogP) is 3.33. The van der Waals surface area contributed by atoms with Gasteiger partial charge in [0.2, 0.25) is 0 Å². The summed E-state index contributed by atoms with van der Waals surface area (Å²) in [5.41, 5.74) is 1.58. The lowest BCUT2D eigenvalue weighted by Crippen LogP contribution is -2.31. The number of ketones is 1. The van der Waals surface area contributed by atoms with Gasteiger partial charge in [0.1, 0.15) is 11.5 Å². The number of carbonyl (C=O) groups is 2. The summed E-state index contributed by atoms with van der Waals surface area (Å²) in [4.78, 5) is 25.4. The van der Waals surface area contributed by atoms with E-state index in [2.05, 4.69) is 0 Å². The zero-order chi connectivity index (χ0) is 18.2. The number of benzene rings is 2. The van der Waals surface area contributed by atoms with Crippen LogP contribution in [0.2, 0.25) is 0 Å². The molecule has 0 radical (unpaired) electrons. The molecule has 0 aliphatic rings. The molecule has 0 fully saturated rings. The number of nitrogens with zero attached hydrogens (tertiary/aromatic N) is 1. The topological polar surface area (TPSA) is 55.8 Å². The summed E-state index contributed by atoms with van der Waals surface area (Å²) in [5.74, 6) is 1.25. The first-order valence-corrected chi connectivity index (χ1v) is 8.17. The first-order valence-electron chi connectivity index (χ1n) is 8.17. The number of hydrogen-bond acceptors (Lipinski definition) is 4. The van der Waals surface area contributed by atoms with Crippen LogP contribution < -0.4 is 9.47 Å². The fraction of sp³-hybridized carbons (Fsp3) is 0.300. The highest BCUT2D eigenvalue weighted by molar-refractivity contribution is 5.95. The molecule has 0 aliphatic carbocycles. The molecule has 0 aromatic heterocycles. The Kier molecular flexibility index (Phi) is 6.57. The fourth-order valence-electron chi connectivity index (χ4n) is 2.37. The first kappa shape index (κ1) is 18.5. The molecule has 5 nitrogen and oxygen atoms in total. The van der Waals surface area contributed by atoms with Crippen molar-refractivity contribution in [1.82, 2.24) is 4.90 Å². The molecule has 0 N–H and O–H groups in total. The van der Waals surface area contributed by atoms with Crippen molar-refractivity contribution in [3.05, 3.63) is 59.7 Å². The van der Waals surface area contributed by atoms with E-state index < -0.39 is 0 Å². The normalized spacial score (nSPS) is 10.2. The monoisotopic (exact) mass is 341 g/mol. The SMILES string of the molecule is CCC(=O)c1ccc(OCC(=O)N(C)Cc2ccccc2OC)cc1. The minimum Gasteiger partial charge on any atom is -0.496 e. The van der Waals surface area contributed by atoms with Crippen LogP contribution in [0.3, 0.4) is 0 Å². The molecule has 0 spiro atoms. The van der Waals surface area contributed by atoms with Crippen LogP contribution in [-0.4, -0.2) is 37.4 Å². The first-order chi connectivity index (χ1) is 12.0. The lowest BCUT2D eigenvalue weighted by molar-refractivity contribution is -0.132. The smallest absolute Gasteiger partial charge is 0.260 e. The van der Waals surface area contributed by atoms with Gasteiger partial charge in [0, 0.05) is 31.1 Å². The molecular formula is C20H23NO4. The molecule has 2 aromatic rings. The highest BCUT2D eigenvalue weighted by Gasteiger charge is 2.13. The molecule has 0 aliphatic heterocycles. The molecule has 2 rings (SSSR count). The van der Waals surface area contributed by atoms with E-state index >= 15 is 0 Å². The van der Waals surface area contributed by atoms with E-state index in [0.717, 1.165) is 11.3 Å². The van der Waals surface area contributed by atoms with Crippen molar-refractivity contribution in [2.45, 2.75) is 19.9 Å². The Hall–Kier alpha value is -2.82. The number of methoxy groups -OCH3 is 1. The van der Waals surface area contributed by atoms with Crippen LogP contribution >= 0.6 is 0 Å². The standard InChI is InChI=1S/C20H23NO4/c1-4-18(22)15-9-11-17(12-10-15)25-14-20(23)21(2)13-16-7-5-6-8-19(16)24-3/h5-12H,4,13-14H2,1-3H3. The van der Waals surface area contributed by atoms with Crippen LogP contribution in [0.5, 0.6) is 11.5 Å². The number of carbonyl (C=O) groups excluding carboxylic acids is 2. The molecule has 0 heterocycles. The Morgan fingerprint density at radius 3 is 2.36 bits per heavy atom. The van der Waals surface area contributed by atoms with Crippen LogP contribution in [0.4, 0.5) is 0 Å². The van der Waals surface area contributed by atoms with Gasteiger partial charge in [-0.25, -0.2) is 0 Å². The van der Waals surface area contributed by atoms with Crippen molar-refractivity contribution < 1.29 is 19.1 Å². The number of para-hydroxylation sites is 1. The van der Waals surface area contributed by atoms with Crippen molar-refractivity contribution in [2.24, 2.45) is 0 Å². The Morgan fingerprint density at radius 1 is 1.04 bits per heavy atom. The lowest BCUT2D eigenvalue weighted by atomic mass is 10.1. The van der Waals surface area contributed by atoms with Crippen LogP contribution in [0.25, 0.3) is 0 Å². The average Bonchev–Trinajstić information content (AvgIpc) is 2.66. The van der Waals surface area contributed by atoms with Crippen LogP contribution in [0.15, 0.2) is 48.5 Å². The van der Waals surface area contributed by atoms with E-state index in [1.165, 1.54) is 0 Å². The quantitative estimate of drug-likeness (QED) is 0.691. The third-order valence-corrected chi connectivity index (χ3v) is 3.89. The largest absolute Gasteiger partial charge is 0.496 e. The number of amides is 1. The number of likely N-dealkylation sites (N-methyl/N-ethyl adjacent to an activating group) is 1. The summed E-state index contributed by atoms with van der Waals surface area (Å²) in [6, 6.07) is 14.4.